The van der Waals surface area contributed by atoms with Crippen molar-refractivity contribution in [1.82, 2.24) is 10.3 Å². The first-order valence-corrected chi connectivity index (χ1v) is 7.44. The van der Waals surface area contributed by atoms with Gasteiger partial charge in [-0.15, -0.1) is 11.3 Å². The number of benzene rings is 1. The molecular weight excluding hydrogens is 340 g/mol. The van der Waals surface area contributed by atoms with Crippen molar-refractivity contribution in [2.75, 3.05) is 14.2 Å². The first kappa shape index (κ1) is 14.7. The van der Waals surface area contributed by atoms with Crippen molar-refractivity contribution in [2.24, 2.45) is 0 Å². The van der Waals surface area contributed by atoms with Gasteiger partial charge in [0.2, 0.25) is 0 Å². The average molecular weight is 353 g/mol. The van der Waals surface area contributed by atoms with Crippen LogP contribution in [-0.4, -0.2) is 25.0 Å². The van der Waals surface area contributed by atoms with E-state index in [0.717, 1.165) is 20.8 Å². The number of carbonyl (C=O) groups excluding carboxylic acids is 1. The molecule has 0 bridgehead atoms. The molecule has 20 heavy (non-hydrogen) atoms. The SMILES string of the molecule is CNC(=O)c1cnc(/C=C/c2ccc(OC)c(Br)c2)s1. The van der Waals surface area contributed by atoms with Gasteiger partial charge in [0.15, 0.2) is 0 Å². The summed E-state index contributed by atoms with van der Waals surface area (Å²) in [6.45, 7) is 0. The zero-order valence-corrected chi connectivity index (χ0v) is 13.4. The molecule has 0 fully saturated rings. The molecular formula is C14H13BrN2O2S. The molecule has 4 nitrogen and oxygen atoms in total. The fourth-order valence-electron chi connectivity index (χ4n) is 1.55. The number of carbonyl (C=O) groups is 1. The van der Waals surface area contributed by atoms with E-state index >= 15 is 0 Å². The molecule has 6 heteroatoms. The van der Waals surface area contributed by atoms with Gasteiger partial charge in [-0.05, 0) is 39.7 Å². The van der Waals surface area contributed by atoms with E-state index in [-0.39, 0.29) is 5.91 Å². The van der Waals surface area contributed by atoms with Gasteiger partial charge in [0.25, 0.3) is 5.91 Å². The van der Waals surface area contributed by atoms with Crippen LogP contribution >= 0.6 is 27.3 Å². The number of aromatic nitrogens is 1. The summed E-state index contributed by atoms with van der Waals surface area (Å²) in [6, 6.07) is 5.80. The summed E-state index contributed by atoms with van der Waals surface area (Å²) in [4.78, 5) is 16.2. The largest absolute Gasteiger partial charge is 0.496 e. The van der Waals surface area contributed by atoms with Crippen LogP contribution in [0.25, 0.3) is 12.2 Å². The Morgan fingerprint density at radius 1 is 1.45 bits per heavy atom. The number of thiazole rings is 1. The minimum atomic E-state index is -0.116. The van der Waals surface area contributed by atoms with E-state index in [1.54, 1.807) is 20.4 Å². The Hall–Kier alpha value is -1.66. The lowest BCUT2D eigenvalue weighted by atomic mass is 10.2. The summed E-state index contributed by atoms with van der Waals surface area (Å²) in [5, 5.41) is 3.36. The van der Waals surface area contributed by atoms with Crippen molar-refractivity contribution in [2.45, 2.75) is 0 Å². The molecule has 0 radical (unpaired) electrons. The second-order valence-corrected chi connectivity index (χ2v) is 5.79. The standard InChI is InChI=1S/C14H13BrN2O2S/c1-16-14(18)12-8-17-13(20-12)6-4-9-3-5-11(19-2)10(15)7-9/h3-8H,1-2H3,(H,16,18)/b6-4+. The van der Waals surface area contributed by atoms with E-state index in [0.29, 0.717) is 4.88 Å². The van der Waals surface area contributed by atoms with Crippen LogP contribution in [0.15, 0.2) is 28.9 Å². The molecule has 104 valence electrons. The molecule has 2 rings (SSSR count). The normalized spacial score (nSPS) is 10.8. The third kappa shape index (κ3) is 3.46. The zero-order chi connectivity index (χ0) is 14.5. The minimum Gasteiger partial charge on any atom is -0.496 e. The molecule has 1 aromatic carbocycles. The monoisotopic (exact) mass is 352 g/mol. The van der Waals surface area contributed by atoms with Crippen LogP contribution in [0.2, 0.25) is 0 Å². The van der Waals surface area contributed by atoms with Crippen LogP contribution < -0.4 is 10.1 Å². The van der Waals surface area contributed by atoms with E-state index in [2.05, 4.69) is 26.2 Å². The van der Waals surface area contributed by atoms with Gasteiger partial charge in [-0.2, -0.15) is 0 Å². The quantitative estimate of drug-likeness (QED) is 0.916. The first-order chi connectivity index (χ1) is 9.63. The van der Waals surface area contributed by atoms with E-state index in [4.69, 9.17) is 4.74 Å². The number of hydrogen-bond donors (Lipinski definition) is 1. The maximum atomic E-state index is 11.4. The zero-order valence-electron chi connectivity index (χ0n) is 11.0. The third-order valence-corrected chi connectivity index (χ3v) is 4.15. The van der Waals surface area contributed by atoms with Crippen molar-refractivity contribution < 1.29 is 9.53 Å². The molecule has 2 aromatic rings. The summed E-state index contributed by atoms with van der Waals surface area (Å²) in [5.41, 5.74) is 1.02. The first-order valence-electron chi connectivity index (χ1n) is 5.83. The van der Waals surface area contributed by atoms with Crippen LogP contribution in [0, 0.1) is 0 Å². The summed E-state index contributed by atoms with van der Waals surface area (Å²) in [5.74, 6) is 0.674. The van der Waals surface area contributed by atoms with Crippen LogP contribution in [0.4, 0.5) is 0 Å². The highest BCUT2D eigenvalue weighted by Gasteiger charge is 2.06. The van der Waals surface area contributed by atoms with E-state index in [1.165, 1.54) is 11.3 Å². The number of nitrogens with one attached hydrogen (secondary N) is 1. The molecule has 1 aromatic heterocycles. The second kappa shape index (κ2) is 6.67. The third-order valence-electron chi connectivity index (χ3n) is 2.57. The van der Waals surface area contributed by atoms with E-state index in [9.17, 15) is 4.79 Å². The number of amides is 1. The highest BCUT2D eigenvalue weighted by atomic mass is 79.9. The molecule has 0 unspecified atom stereocenters. The summed E-state index contributed by atoms with van der Waals surface area (Å²) < 4.78 is 6.07. The van der Waals surface area contributed by atoms with Crippen molar-refractivity contribution in [3.63, 3.8) is 0 Å². The fourth-order valence-corrected chi connectivity index (χ4v) is 2.87. The predicted molar refractivity (Wildman–Crippen MR) is 85.1 cm³/mol. The predicted octanol–water partition coefficient (Wildman–Crippen LogP) is 3.44. The van der Waals surface area contributed by atoms with Crippen molar-refractivity contribution in [3.8, 4) is 5.75 Å². The Morgan fingerprint density at radius 3 is 2.90 bits per heavy atom. The molecule has 1 N–H and O–H groups in total. The molecule has 0 saturated heterocycles. The Labute approximate surface area is 129 Å². The second-order valence-electron chi connectivity index (χ2n) is 3.87. The number of nitrogens with zero attached hydrogens (tertiary/aromatic N) is 1. The van der Waals surface area contributed by atoms with E-state index in [1.807, 2.05) is 30.4 Å². The Morgan fingerprint density at radius 2 is 2.25 bits per heavy atom. The topological polar surface area (TPSA) is 51.2 Å². The van der Waals surface area contributed by atoms with Gasteiger partial charge in [-0.3, -0.25) is 4.79 Å². The van der Waals surface area contributed by atoms with Gasteiger partial charge in [-0.1, -0.05) is 12.1 Å². The Kier molecular flexibility index (Phi) is 4.92. The lowest BCUT2D eigenvalue weighted by Crippen LogP contribution is -2.16. The smallest absolute Gasteiger partial charge is 0.262 e. The molecule has 0 aliphatic rings. The Balaban J connectivity index is 2.15. The average Bonchev–Trinajstić information content (AvgIpc) is 2.93. The number of methoxy groups -OCH3 is 1. The van der Waals surface area contributed by atoms with Gasteiger partial charge in [0, 0.05) is 7.05 Å². The molecule has 1 amide bonds. The molecule has 0 saturated carbocycles. The molecule has 0 atom stereocenters. The van der Waals surface area contributed by atoms with Crippen molar-refractivity contribution >= 4 is 45.3 Å². The number of hydrogen-bond acceptors (Lipinski definition) is 4. The van der Waals surface area contributed by atoms with Gasteiger partial charge >= 0.3 is 0 Å². The maximum Gasteiger partial charge on any atom is 0.262 e. The van der Waals surface area contributed by atoms with Crippen LogP contribution in [0.3, 0.4) is 0 Å². The maximum absolute atomic E-state index is 11.4. The minimum absolute atomic E-state index is 0.116. The van der Waals surface area contributed by atoms with Crippen molar-refractivity contribution in [3.05, 3.63) is 44.3 Å². The van der Waals surface area contributed by atoms with Gasteiger partial charge in [0.1, 0.15) is 15.6 Å². The van der Waals surface area contributed by atoms with Crippen LogP contribution in [-0.2, 0) is 0 Å². The summed E-state index contributed by atoms with van der Waals surface area (Å²) in [7, 11) is 3.23. The number of ether oxygens (including phenoxy) is 1. The number of halogens is 1. The molecule has 0 aliphatic carbocycles. The Bertz CT molecular complexity index is 652. The lowest BCUT2D eigenvalue weighted by molar-refractivity contribution is 0.0967. The number of rotatable bonds is 4. The van der Waals surface area contributed by atoms with Crippen molar-refractivity contribution in [1.29, 1.82) is 0 Å². The highest BCUT2D eigenvalue weighted by molar-refractivity contribution is 9.10. The summed E-state index contributed by atoms with van der Waals surface area (Å²) >= 11 is 4.79. The van der Waals surface area contributed by atoms with E-state index < -0.39 is 0 Å². The van der Waals surface area contributed by atoms with Crippen LogP contribution in [0.5, 0.6) is 5.75 Å². The van der Waals surface area contributed by atoms with Crippen LogP contribution in [0.1, 0.15) is 20.2 Å². The van der Waals surface area contributed by atoms with Gasteiger partial charge in [-0.25, -0.2) is 4.98 Å². The fraction of sp³-hybridized carbons (Fsp3) is 0.143. The molecule has 1 heterocycles. The summed E-state index contributed by atoms with van der Waals surface area (Å²) in [6.07, 6.45) is 5.40. The van der Waals surface area contributed by atoms with Gasteiger partial charge < -0.3 is 10.1 Å². The highest BCUT2D eigenvalue weighted by Crippen LogP contribution is 2.26. The molecule has 0 aliphatic heterocycles. The van der Waals surface area contributed by atoms with Gasteiger partial charge in [0.05, 0.1) is 17.8 Å². The molecule has 0 spiro atoms. The lowest BCUT2D eigenvalue weighted by Gasteiger charge is -2.03.